The van der Waals surface area contributed by atoms with E-state index in [2.05, 4.69) is 10.3 Å². The normalized spacial score (nSPS) is 17.4. The van der Waals surface area contributed by atoms with Gasteiger partial charge in [0, 0.05) is 25.3 Å². The Kier molecular flexibility index (Phi) is 5.84. The van der Waals surface area contributed by atoms with Crippen molar-refractivity contribution in [2.75, 3.05) is 18.0 Å². The number of aliphatic hydroxyl groups is 1. The van der Waals surface area contributed by atoms with E-state index in [0.29, 0.717) is 25.2 Å². The van der Waals surface area contributed by atoms with Crippen LogP contribution in [0.5, 0.6) is 0 Å². The molecule has 1 amide bonds. The molecule has 8 heteroatoms. The van der Waals surface area contributed by atoms with E-state index < -0.39 is 17.3 Å². The molecule has 2 heterocycles. The minimum Gasteiger partial charge on any atom is -0.386 e. The van der Waals surface area contributed by atoms with Gasteiger partial charge in [-0.2, -0.15) is 13.2 Å². The average molecular weight is 407 g/mol. The molecule has 29 heavy (non-hydrogen) atoms. The Labute approximate surface area is 167 Å². The minimum absolute atomic E-state index is 0.132. The molecule has 1 saturated heterocycles. The highest BCUT2D eigenvalue weighted by Gasteiger charge is 2.32. The van der Waals surface area contributed by atoms with Gasteiger partial charge in [0.1, 0.15) is 0 Å². The third-order valence-corrected chi connectivity index (χ3v) is 4.99. The highest BCUT2D eigenvalue weighted by Crippen LogP contribution is 2.31. The molecule has 0 spiro atoms. The first-order chi connectivity index (χ1) is 13.5. The van der Waals surface area contributed by atoms with E-state index in [1.165, 1.54) is 6.20 Å². The van der Waals surface area contributed by atoms with Crippen molar-refractivity contribution in [2.24, 2.45) is 0 Å². The number of carbonyl (C=O) groups excluding carboxylic acids is 1. The Morgan fingerprint density at radius 2 is 1.90 bits per heavy atom. The fourth-order valence-corrected chi connectivity index (χ4v) is 3.36. The van der Waals surface area contributed by atoms with Crippen molar-refractivity contribution in [3.8, 4) is 0 Å². The van der Waals surface area contributed by atoms with Gasteiger partial charge in [0.2, 0.25) is 5.91 Å². The number of alkyl halides is 3. The van der Waals surface area contributed by atoms with Crippen molar-refractivity contribution >= 4 is 11.6 Å². The lowest BCUT2D eigenvalue weighted by molar-refractivity contribution is -0.137. The maximum Gasteiger partial charge on any atom is 0.417 e. The summed E-state index contributed by atoms with van der Waals surface area (Å²) in [5.41, 5.74) is 0.276. The number of hydrogen-bond donors (Lipinski definition) is 2. The van der Waals surface area contributed by atoms with E-state index in [-0.39, 0.29) is 18.4 Å². The molecule has 2 N–H and O–H groups in total. The minimum atomic E-state index is -4.43. The van der Waals surface area contributed by atoms with Gasteiger partial charge in [0.05, 0.1) is 29.5 Å². The number of anilines is 1. The number of pyridine rings is 1. The number of benzene rings is 1. The summed E-state index contributed by atoms with van der Waals surface area (Å²) < 4.78 is 38.6. The number of rotatable bonds is 5. The van der Waals surface area contributed by atoms with Crippen LogP contribution in [0.15, 0.2) is 42.7 Å². The number of hydrogen-bond acceptors (Lipinski definition) is 4. The summed E-state index contributed by atoms with van der Waals surface area (Å²) >= 11 is 0. The second-order valence-corrected chi connectivity index (χ2v) is 7.86. The molecular formula is C21H24F3N3O2. The molecule has 2 aromatic rings. The second kappa shape index (κ2) is 8.02. The highest BCUT2D eigenvalue weighted by atomic mass is 19.4. The smallest absolute Gasteiger partial charge is 0.386 e. The first-order valence-corrected chi connectivity index (χ1v) is 9.41. The molecule has 5 nitrogen and oxygen atoms in total. The molecule has 0 bridgehead atoms. The number of aromatic nitrogens is 1. The summed E-state index contributed by atoms with van der Waals surface area (Å²) in [5, 5.41) is 12.9. The molecule has 1 aliphatic rings. The van der Waals surface area contributed by atoms with E-state index in [9.17, 15) is 23.1 Å². The molecular weight excluding hydrogens is 383 g/mol. The molecule has 3 rings (SSSR count). The van der Waals surface area contributed by atoms with Gasteiger partial charge in [-0.25, -0.2) is 0 Å². The van der Waals surface area contributed by atoms with Gasteiger partial charge in [-0.05, 0) is 37.5 Å². The molecule has 0 aliphatic carbocycles. The van der Waals surface area contributed by atoms with Gasteiger partial charge in [0.15, 0.2) is 0 Å². The Hall–Kier alpha value is -2.61. The SMILES string of the molecule is CC(C)(O)c1ccc(CC(=O)N[C@@H]2CCN(c3cncc(C(F)(F)F)c3)C2)cc1. The number of amides is 1. The predicted octanol–water partition coefficient (Wildman–Crippen LogP) is 3.27. The van der Waals surface area contributed by atoms with Crippen molar-refractivity contribution in [1.82, 2.24) is 10.3 Å². The lowest BCUT2D eigenvalue weighted by atomic mass is 9.97. The van der Waals surface area contributed by atoms with Gasteiger partial charge < -0.3 is 15.3 Å². The Morgan fingerprint density at radius 3 is 2.52 bits per heavy atom. The molecule has 1 fully saturated rings. The van der Waals surface area contributed by atoms with Gasteiger partial charge >= 0.3 is 6.18 Å². The quantitative estimate of drug-likeness (QED) is 0.799. The fraction of sp³-hybridized carbons (Fsp3) is 0.429. The van der Waals surface area contributed by atoms with Crippen LogP contribution in [0.1, 0.15) is 37.0 Å². The Bertz CT molecular complexity index is 861. The van der Waals surface area contributed by atoms with E-state index in [1.54, 1.807) is 30.9 Å². The topological polar surface area (TPSA) is 65.5 Å². The lowest BCUT2D eigenvalue weighted by Crippen LogP contribution is -2.38. The standard InChI is InChI=1S/C21H24F3N3O2/c1-20(2,29)15-5-3-14(4-6-15)9-19(28)26-17-7-8-27(13-17)18-10-16(11-25-12-18)21(22,23)24/h3-6,10-12,17,29H,7-9,13H2,1-2H3,(H,26,28)/t17-/m1/s1. The summed E-state index contributed by atoms with van der Waals surface area (Å²) in [6.07, 6.45) is -1.36. The van der Waals surface area contributed by atoms with Crippen LogP contribution in [0.2, 0.25) is 0 Å². The van der Waals surface area contributed by atoms with Crippen molar-refractivity contribution in [3.63, 3.8) is 0 Å². The summed E-state index contributed by atoms with van der Waals surface area (Å²) in [4.78, 5) is 17.8. The predicted molar refractivity (Wildman–Crippen MR) is 103 cm³/mol. The molecule has 0 radical (unpaired) electrons. The van der Waals surface area contributed by atoms with Crippen molar-refractivity contribution in [2.45, 2.75) is 44.5 Å². The van der Waals surface area contributed by atoms with E-state index in [0.717, 1.165) is 23.4 Å². The van der Waals surface area contributed by atoms with Crippen LogP contribution in [-0.2, 0) is 23.0 Å². The van der Waals surface area contributed by atoms with Gasteiger partial charge in [-0.15, -0.1) is 0 Å². The third kappa shape index (κ3) is 5.47. The third-order valence-electron chi connectivity index (χ3n) is 4.99. The molecule has 1 aliphatic heterocycles. The first-order valence-electron chi connectivity index (χ1n) is 9.41. The molecule has 1 aromatic heterocycles. The maximum atomic E-state index is 12.9. The molecule has 0 unspecified atom stereocenters. The second-order valence-electron chi connectivity index (χ2n) is 7.86. The van der Waals surface area contributed by atoms with Crippen LogP contribution in [0, 0.1) is 0 Å². The molecule has 1 atom stereocenters. The highest BCUT2D eigenvalue weighted by molar-refractivity contribution is 5.79. The van der Waals surface area contributed by atoms with Crippen LogP contribution in [-0.4, -0.2) is 35.1 Å². The van der Waals surface area contributed by atoms with Crippen LogP contribution in [0.25, 0.3) is 0 Å². The number of nitrogens with one attached hydrogen (secondary N) is 1. The first kappa shape index (κ1) is 21.1. The van der Waals surface area contributed by atoms with Gasteiger partial charge in [0.25, 0.3) is 0 Å². The number of carbonyl (C=O) groups is 1. The van der Waals surface area contributed by atoms with Crippen LogP contribution in [0.4, 0.5) is 18.9 Å². The van der Waals surface area contributed by atoms with Crippen molar-refractivity contribution in [1.29, 1.82) is 0 Å². The van der Waals surface area contributed by atoms with Gasteiger partial charge in [-0.1, -0.05) is 24.3 Å². The summed E-state index contributed by atoms with van der Waals surface area (Å²) in [7, 11) is 0. The largest absolute Gasteiger partial charge is 0.417 e. The van der Waals surface area contributed by atoms with Crippen molar-refractivity contribution < 1.29 is 23.1 Å². The zero-order valence-corrected chi connectivity index (χ0v) is 16.3. The Balaban J connectivity index is 1.55. The summed E-state index contributed by atoms with van der Waals surface area (Å²) in [5.74, 6) is -0.143. The zero-order valence-electron chi connectivity index (χ0n) is 16.3. The lowest BCUT2D eigenvalue weighted by Gasteiger charge is -2.20. The number of nitrogens with zero attached hydrogens (tertiary/aromatic N) is 2. The van der Waals surface area contributed by atoms with Crippen LogP contribution < -0.4 is 10.2 Å². The van der Waals surface area contributed by atoms with Crippen LogP contribution >= 0.6 is 0 Å². The zero-order chi connectivity index (χ0) is 21.2. The average Bonchev–Trinajstić information content (AvgIpc) is 3.09. The summed E-state index contributed by atoms with van der Waals surface area (Å²) in [6.45, 7) is 4.38. The fourth-order valence-electron chi connectivity index (χ4n) is 3.36. The maximum absolute atomic E-state index is 12.9. The van der Waals surface area contributed by atoms with E-state index >= 15 is 0 Å². The number of halogens is 3. The van der Waals surface area contributed by atoms with Crippen LogP contribution in [0.3, 0.4) is 0 Å². The summed E-state index contributed by atoms with van der Waals surface area (Å²) in [6, 6.07) is 8.15. The van der Waals surface area contributed by atoms with Gasteiger partial charge in [-0.3, -0.25) is 9.78 Å². The monoisotopic (exact) mass is 407 g/mol. The van der Waals surface area contributed by atoms with Crippen molar-refractivity contribution in [3.05, 3.63) is 59.4 Å². The van der Waals surface area contributed by atoms with E-state index in [4.69, 9.17) is 0 Å². The molecule has 156 valence electrons. The Morgan fingerprint density at radius 1 is 1.21 bits per heavy atom. The van der Waals surface area contributed by atoms with E-state index in [1.807, 2.05) is 12.1 Å². The molecule has 0 saturated carbocycles. The molecule has 1 aromatic carbocycles.